The van der Waals surface area contributed by atoms with Crippen molar-refractivity contribution in [2.24, 2.45) is 0 Å². The molecule has 2 aliphatic rings. The predicted molar refractivity (Wildman–Crippen MR) is 198 cm³/mol. The summed E-state index contributed by atoms with van der Waals surface area (Å²) in [5.41, 5.74) is 5.70. The van der Waals surface area contributed by atoms with Crippen LogP contribution < -0.4 is 15.5 Å². The average molecular weight is 717 g/mol. The van der Waals surface area contributed by atoms with Crippen molar-refractivity contribution in [1.29, 1.82) is 0 Å². The van der Waals surface area contributed by atoms with E-state index in [1.165, 1.54) is 18.6 Å². The van der Waals surface area contributed by atoms with Crippen LogP contribution in [0.25, 0.3) is 11.3 Å². The molecule has 3 heterocycles. The first-order valence-corrected chi connectivity index (χ1v) is 17.9. The Hall–Kier alpha value is -4.65. The summed E-state index contributed by atoms with van der Waals surface area (Å²) < 4.78 is 51.2. The first kappa shape index (κ1) is 37.1. The fourth-order valence-corrected chi connectivity index (χ4v) is 6.53. The number of piperidine rings is 1. The lowest BCUT2D eigenvalue weighted by molar-refractivity contribution is -0.137. The molecule has 2 fully saturated rings. The van der Waals surface area contributed by atoms with Gasteiger partial charge >= 0.3 is 6.18 Å². The van der Waals surface area contributed by atoms with Gasteiger partial charge in [-0.15, -0.1) is 0 Å². The lowest BCUT2D eigenvalue weighted by Crippen LogP contribution is -2.41. The SMILES string of the molecule is CN(CCN1CCOCC1)C(=O)c1cccc(COCNc2ccc(N3CCCCC3)cc2-c2cc(NCc3cccc(C(F)(F)F)c3)ccn2)c1. The van der Waals surface area contributed by atoms with E-state index in [1.54, 1.807) is 17.2 Å². The van der Waals surface area contributed by atoms with Crippen molar-refractivity contribution < 1.29 is 27.4 Å². The van der Waals surface area contributed by atoms with Gasteiger partial charge in [-0.05, 0) is 85.0 Å². The van der Waals surface area contributed by atoms with Crippen LogP contribution in [0.4, 0.5) is 30.2 Å². The molecule has 0 saturated carbocycles. The topological polar surface area (TPSA) is 82.2 Å². The highest BCUT2D eigenvalue weighted by Crippen LogP contribution is 2.34. The van der Waals surface area contributed by atoms with Crippen LogP contribution in [-0.4, -0.2) is 87.0 Å². The number of amides is 1. The molecule has 1 aromatic heterocycles. The molecule has 2 aliphatic heterocycles. The largest absolute Gasteiger partial charge is 0.416 e. The molecule has 0 atom stereocenters. The number of carbonyl (C=O) groups excluding carboxylic acids is 1. The molecule has 12 heteroatoms. The molecule has 276 valence electrons. The van der Waals surface area contributed by atoms with Gasteiger partial charge in [0.05, 0.1) is 31.1 Å². The molecule has 3 aromatic carbocycles. The smallest absolute Gasteiger partial charge is 0.381 e. The summed E-state index contributed by atoms with van der Waals surface area (Å²) in [5, 5.41) is 6.68. The van der Waals surface area contributed by atoms with Gasteiger partial charge in [-0.3, -0.25) is 14.7 Å². The molecule has 1 amide bonds. The summed E-state index contributed by atoms with van der Waals surface area (Å²) in [7, 11) is 1.83. The molecule has 2 saturated heterocycles. The van der Waals surface area contributed by atoms with Gasteiger partial charge in [0.25, 0.3) is 5.91 Å². The van der Waals surface area contributed by atoms with Crippen molar-refractivity contribution in [1.82, 2.24) is 14.8 Å². The van der Waals surface area contributed by atoms with Gasteiger partial charge in [0.1, 0.15) is 6.73 Å². The fraction of sp³-hybridized carbons (Fsp3) is 0.400. The van der Waals surface area contributed by atoms with Gasteiger partial charge in [-0.2, -0.15) is 13.2 Å². The van der Waals surface area contributed by atoms with Crippen molar-refractivity contribution in [2.45, 2.75) is 38.6 Å². The lowest BCUT2D eigenvalue weighted by atomic mass is 10.0. The van der Waals surface area contributed by atoms with Gasteiger partial charge in [0.2, 0.25) is 0 Å². The summed E-state index contributed by atoms with van der Waals surface area (Å²) in [5.74, 6) is -0.0225. The molecule has 0 unspecified atom stereocenters. The number of carbonyl (C=O) groups is 1. The number of likely N-dealkylation sites (N-methyl/N-ethyl adjacent to an activating group) is 1. The van der Waals surface area contributed by atoms with Crippen LogP contribution in [0.5, 0.6) is 0 Å². The lowest BCUT2D eigenvalue weighted by Gasteiger charge is -2.29. The third kappa shape index (κ3) is 10.2. The van der Waals surface area contributed by atoms with Crippen LogP contribution in [-0.2, 0) is 28.8 Å². The third-order valence-corrected chi connectivity index (χ3v) is 9.52. The minimum absolute atomic E-state index is 0.0225. The predicted octanol–water partition coefficient (Wildman–Crippen LogP) is 7.36. The van der Waals surface area contributed by atoms with E-state index in [0.29, 0.717) is 24.3 Å². The molecule has 0 aliphatic carbocycles. The van der Waals surface area contributed by atoms with E-state index in [9.17, 15) is 18.0 Å². The number of pyridine rings is 1. The molecule has 0 spiro atoms. The van der Waals surface area contributed by atoms with E-state index < -0.39 is 11.7 Å². The second kappa shape index (κ2) is 17.7. The van der Waals surface area contributed by atoms with Crippen LogP contribution >= 0.6 is 0 Å². The average Bonchev–Trinajstić information content (AvgIpc) is 3.18. The Labute approximate surface area is 303 Å². The van der Waals surface area contributed by atoms with E-state index in [0.717, 1.165) is 98.7 Å². The van der Waals surface area contributed by atoms with Crippen molar-refractivity contribution in [3.05, 3.63) is 107 Å². The quantitative estimate of drug-likeness (QED) is 0.104. The number of rotatable bonds is 14. The normalized spacial score (nSPS) is 15.3. The Morgan fingerprint density at radius 3 is 2.50 bits per heavy atom. The molecule has 4 aromatic rings. The highest BCUT2D eigenvalue weighted by Gasteiger charge is 2.30. The van der Waals surface area contributed by atoms with Crippen LogP contribution in [0, 0.1) is 0 Å². The van der Waals surface area contributed by atoms with E-state index >= 15 is 0 Å². The van der Waals surface area contributed by atoms with Crippen LogP contribution in [0.3, 0.4) is 0 Å². The number of hydrogen-bond donors (Lipinski definition) is 2. The zero-order chi connectivity index (χ0) is 36.3. The van der Waals surface area contributed by atoms with E-state index in [2.05, 4.69) is 37.6 Å². The van der Waals surface area contributed by atoms with E-state index in [1.807, 2.05) is 49.5 Å². The van der Waals surface area contributed by atoms with Gasteiger partial charge in [-0.25, -0.2) is 0 Å². The van der Waals surface area contributed by atoms with E-state index in [4.69, 9.17) is 9.47 Å². The van der Waals surface area contributed by atoms with E-state index in [-0.39, 0.29) is 19.2 Å². The molecule has 0 bridgehead atoms. The molecular weight excluding hydrogens is 669 g/mol. The maximum atomic E-state index is 13.3. The number of hydrogen-bond acceptors (Lipinski definition) is 8. The number of benzene rings is 3. The summed E-state index contributed by atoms with van der Waals surface area (Å²) >= 11 is 0. The molecular formula is C40H47F3N6O3. The maximum Gasteiger partial charge on any atom is 0.416 e. The number of aromatic nitrogens is 1. The number of nitrogens with zero attached hydrogens (tertiary/aromatic N) is 4. The minimum atomic E-state index is -4.39. The molecule has 0 radical (unpaired) electrons. The van der Waals surface area contributed by atoms with Crippen molar-refractivity contribution in [3.8, 4) is 11.3 Å². The Morgan fingerprint density at radius 1 is 0.904 bits per heavy atom. The van der Waals surface area contributed by atoms with Crippen molar-refractivity contribution in [2.75, 3.05) is 81.8 Å². The van der Waals surface area contributed by atoms with Gasteiger partial charge < -0.3 is 29.9 Å². The Balaban J connectivity index is 1.10. The zero-order valence-corrected chi connectivity index (χ0v) is 29.6. The second-order valence-corrected chi connectivity index (χ2v) is 13.3. The zero-order valence-electron chi connectivity index (χ0n) is 29.6. The first-order chi connectivity index (χ1) is 25.2. The number of ether oxygens (including phenoxy) is 2. The summed E-state index contributed by atoms with van der Waals surface area (Å²) in [6.45, 7) is 7.47. The number of alkyl halides is 3. The highest BCUT2D eigenvalue weighted by atomic mass is 19.4. The van der Waals surface area contributed by atoms with Crippen LogP contribution in [0.1, 0.15) is 46.3 Å². The first-order valence-electron chi connectivity index (χ1n) is 17.9. The summed E-state index contributed by atoms with van der Waals surface area (Å²) in [4.78, 5) is 24.3. The Morgan fingerprint density at radius 2 is 1.69 bits per heavy atom. The molecule has 9 nitrogen and oxygen atoms in total. The second-order valence-electron chi connectivity index (χ2n) is 13.3. The number of halogens is 3. The third-order valence-electron chi connectivity index (χ3n) is 9.52. The van der Waals surface area contributed by atoms with Crippen LogP contribution in [0.15, 0.2) is 85.1 Å². The highest BCUT2D eigenvalue weighted by molar-refractivity contribution is 5.94. The molecule has 52 heavy (non-hydrogen) atoms. The number of nitrogens with one attached hydrogen (secondary N) is 2. The van der Waals surface area contributed by atoms with Gasteiger partial charge in [0.15, 0.2) is 0 Å². The number of morpholine rings is 1. The monoisotopic (exact) mass is 716 g/mol. The maximum absolute atomic E-state index is 13.3. The van der Waals surface area contributed by atoms with Crippen LogP contribution in [0.2, 0.25) is 0 Å². The van der Waals surface area contributed by atoms with Crippen molar-refractivity contribution in [3.63, 3.8) is 0 Å². The Kier molecular flexibility index (Phi) is 12.6. The Bertz CT molecular complexity index is 1780. The molecule has 6 rings (SSSR count). The van der Waals surface area contributed by atoms with Gasteiger partial charge in [0, 0.05) is 87.2 Å². The van der Waals surface area contributed by atoms with Crippen molar-refractivity contribution >= 4 is 23.0 Å². The van der Waals surface area contributed by atoms with Gasteiger partial charge in [-0.1, -0.05) is 24.3 Å². The minimum Gasteiger partial charge on any atom is -0.381 e. The summed E-state index contributed by atoms with van der Waals surface area (Å²) in [6, 6.07) is 22.9. The number of anilines is 3. The molecule has 2 N–H and O–H groups in total. The standard InChI is InChI=1S/C40H47F3N6O3/c1-47(17-18-48-19-21-51-22-20-48)39(50)32-9-5-8-31(23-32)28-52-29-46-37-12-11-35(49-15-3-2-4-16-49)26-36(37)38-25-34(13-14-44-38)45-27-30-7-6-10-33(24-30)40(41,42)43/h5-14,23-26,46H,2-4,15-22,27-29H2,1H3,(H,44,45). The fourth-order valence-electron chi connectivity index (χ4n) is 6.53. The summed E-state index contributed by atoms with van der Waals surface area (Å²) in [6.07, 6.45) is 0.827.